The van der Waals surface area contributed by atoms with Gasteiger partial charge in [-0.1, -0.05) is 0 Å². The minimum Gasteiger partial charge on any atom is -0.496 e. The smallest absolute Gasteiger partial charge is 0.431 e. The molecular formula is C18H12F3N3O5. The van der Waals surface area contributed by atoms with Crippen LogP contribution in [0.2, 0.25) is 0 Å². The normalized spacial score (nSPS) is 11.7. The highest BCUT2D eigenvalue weighted by atomic mass is 19.4. The fourth-order valence-electron chi connectivity index (χ4n) is 2.47. The average molecular weight is 407 g/mol. The van der Waals surface area contributed by atoms with Crippen molar-refractivity contribution in [3.8, 4) is 17.1 Å². The second-order valence-electron chi connectivity index (χ2n) is 5.70. The van der Waals surface area contributed by atoms with Gasteiger partial charge in [0.2, 0.25) is 0 Å². The van der Waals surface area contributed by atoms with Crippen molar-refractivity contribution in [2.75, 3.05) is 7.11 Å². The van der Waals surface area contributed by atoms with E-state index in [-0.39, 0.29) is 22.9 Å². The fourth-order valence-corrected chi connectivity index (χ4v) is 2.47. The highest BCUT2D eigenvalue weighted by molar-refractivity contribution is 5.71. The Bertz CT molecular complexity index is 1150. The zero-order valence-corrected chi connectivity index (χ0v) is 14.7. The molecule has 8 nitrogen and oxygen atoms in total. The van der Waals surface area contributed by atoms with E-state index >= 15 is 0 Å². The van der Waals surface area contributed by atoms with Gasteiger partial charge in [0.15, 0.2) is 0 Å². The molecule has 150 valence electrons. The van der Waals surface area contributed by atoms with Crippen LogP contribution in [0.4, 0.5) is 18.9 Å². The second kappa shape index (κ2) is 7.62. The summed E-state index contributed by atoms with van der Waals surface area (Å²) in [5, 5.41) is 10.9. The first kappa shape index (κ1) is 19.9. The first-order valence-electron chi connectivity index (χ1n) is 7.96. The Balaban J connectivity index is 1.89. The van der Waals surface area contributed by atoms with Crippen LogP contribution in [-0.4, -0.2) is 22.0 Å². The summed E-state index contributed by atoms with van der Waals surface area (Å²) in [6.45, 7) is 0. The lowest BCUT2D eigenvalue weighted by Gasteiger charge is -2.06. The van der Waals surface area contributed by atoms with Crippen molar-refractivity contribution in [2.45, 2.75) is 6.18 Å². The van der Waals surface area contributed by atoms with E-state index in [0.717, 1.165) is 0 Å². The summed E-state index contributed by atoms with van der Waals surface area (Å²) in [6, 6.07) is 7.78. The summed E-state index contributed by atoms with van der Waals surface area (Å²) in [4.78, 5) is 26.7. The van der Waals surface area contributed by atoms with Gasteiger partial charge in [-0.3, -0.25) is 10.1 Å². The molecule has 3 rings (SSSR count). The summed E-state index contributed by atoms with van der Waals surface area (Å²) in [6.07, 6.45) is -2.18. The van der Waals surface area contributed by atoms with Crippen LogP contribution in [0, 0.1) is 10.1 Å². The number of ether oxygens (including phenoxy) is 1. The van der Waals surface area contributed by atoms with E-state index < -0.39 is 22.5 Å². The molecule has 0 saturated heterocycles. The van der Waals surface area contributed by atoms with E-state index in [1.807, 2.05) is 0 Å². The Kier molecular flexibility index (Phi) is 5.22. The van der Waals surface area contributed by atoms with Crippen molar-refractivity contribution in [3.05, 3.63) is 74.1 Å². The third-order valence-electron chi connectivity index (χ3n) is 3.78. The number of non-ortho nitro benzene ring substituents is 1. The number of nitrogens with zero attached hydrogens (tertiary/aromatic N) is 2. The first-order valence-corrected chi connectivity index (χ1v) is 7.96. The zero-order chi connectivity index (χ0) is 21.2. The van der Waals surface area contributed by atoms with Gasteiger partial charge in [-0.05, 0) is 36.4 Å². The number of halogens is 3. The summed E-state index contributed by atoms with van der Waals surface area (Å²) in [5.74, 6) is 0.803. The Morgan fingerprint density at radius 3 is 2.62 bits per heavy atom. The molecule has 29 heavy (non-hydrogen) atoms. The highest BCUT2D eigenvalue weighted by Crippen LogP contribution is 2.34. The van der Waals surface area contributed by atoms with Gasteiger partial charge in [0.1, 0.15) is 23.0 Å². The predicted octanol–water partition coefficient (Wildman–Crippen LogP) is 4.14. The van der Waals surface area contributed by atoms with Gasteiger partial charge in [0, 0.05) is 6.07 Å². The fraction of sp³-hybridized carbons (Fsp3) is 0.111. The number of methoxy groups -OCH3 is 1. The SMILES string of the molecule is COc1cc([N+](=O)[O-])ccc1-c1ccc(C=Cc2cc(C(F)(F)F)[nH]c(=O)n2)o1. The van der Waals surface area contributed by atoms with Gasteiger partial charge >= 0.3 is 11.9 Å². The quantitative estimate of drug-likeness (QED) is 0.503. The number of nitrogens with one attached hydrogen (secondary N) is 1. The summed E-state index contributed by atoms with van der Waals surface area (Å²) in [7, 11) is 1.35. The van der Waals surface area contributed by atoms with Crippen LogP contribution in [0.1, 0.15) is 17.1 Å². The van der Waals surface area contributed by atoms with Gasteiger partial charge in [-0.25, -0.2) is 4.79 Å². The van der Waals surface area contributed by atoms with Crippen molar-refractivity contribution in [1.29, 1.82) is 0 Å². The van der Waals surface area contributed by atoms with Gasteiger partial charge in [-0.15, -0.1) is 0 Å². The minimum atomic E-state index is -4.71. The lowest BCUT2D eigenvalue weighted by atomic mass is 10.1. The summed E-state index contributed by atoms with van der Waals surface area (Å²) >= 11 is 0. The van der Waals surface area contributed by atoms with E-state index in [2.05, 4.69) is 4.98 Å². The zero-order valence-electron chi connectivity index (χ0n) is 14.7. The van der Waals surface area contributed by atoms with Crippen LogP contribution in [0.15, 0.2) is 45.6 Å². The van der Waals surface area contributed by atoms with Gasteiger partial charge < -0.3 is 14.1 Å². The number of hydrogen-bond donors (Lipinski definition) is 1. The number of aromatic amines is 1. The largest absolute Gasteiger partial charge is 0.496 e. The van der Waals surface area contributed by atoms with Gasteiger partial charge in [0.05, 0.1) is 29.4 Å². The predicted molar refractivity (Wildman–Crippen MR) is 96.1 cm³/mol. The molecule has 0 fully saturated rings. The van der Waals surface area contributed by atoms with E-state index in [0.29, 0.717) is 17.4 Å². The number of aromatic nitrogens is 2. The molecule has 1 N–H and O–H groups in total. The Hall–Kier alpha value is -3.89. The van der Waals surface area contributed by atoms with Crippen molar-refractivity contribution < 1.29 is 27.2 Å². The number of H-pyrrole nitrogens is 1. The average Bonchev–Trinajstić information content (AvgIpc) is 3.13. The number of benzene rings is 1. The molecule has 11 heteroatoms. The van der Waals surface area contributed by atoms with Crippen LogP contribution >= 0.6 is 0 Å². The van der Waals surface area contributed by atoms with Crippen LogP contribution in [0.5, 0.6) is 5.75 Å². The maximum Gasteiger partial charge on any atom is 0.431 e. The van der Waals surface area contributed by atoms with E-state index in [4.69, 9.17) is 9.15 Å². The molecule has 2 aromatic heterocycles. The Morgan fingerprint density at radius 1 is 1.21 bits per heavy atom. The molecular weight excluding hydrogens is 395 g/mol. The summed E-state index contributed by atoms with van der Waals surface area (Å²) in [5.41, 5.74) is -2.25. The van der Waals surface area contributed by atoms with Crippen molar-refractivity contribution >= 4 is 17.8 Å². The molecule has 2 heterocycles. The molecule has 1 aromatic carbocycles. The molecule has 0 aliphatic carbocycles. The topological polar surface area (TPSA) is 111 Å². The Labute approximate surface area is 160 Å². The first-order chi connectivity index (χ1) is 13.7. The molecule has 0 atom stereocenters. The lowest BCUT2D eigenvalue weighted by molar-refractivity contribution is -0.384. The van der Waals surface area contributed by atoms with Crippen molar-refractivity contribution in [1.82, 2.24) is 9.97 Å². The molecule has 0 aliphatic heterocycles. The van der Waals surface area contributed by atoms with Crippen LogP contribution in [0.3, 0.4) is 0 Å². The number of nitro groups is 1. The molecule has 0 radical (unpaired) electrons. The van der Waals surface area contributed by atoms with Crippen LogP contribution < -0.4 is 10.4 Å². The van der Waals surface area contributed by atoms with E-state index in [1.165, 1.54) is 43.5 Å². The number of nitro benzene ring substituents is 1. The van der Waals surface area contributed by atoms with Crippen LogP contribution in [-0.2, 0) is 6.18 Å². The number of furan rings is 1. The van der Waals surface area contributed by atoms with Gasteiger partial charge in [-0.2, -0.15) is 18.2 Å². The number of rotatable bonds is 5. The third kappa shape index (κ3) is 4.51. The second-order valence-corrected chi connectivity index (χ2v) is 5.70. The molecule has 0 bridgehead atoms. The van der Waals surface area contributed by atoms with Crippen LogP contribution in [0.25, 0.3) is 23.5 Å². The maximum absolute atomic E-state index is 12.8. The standard InChI is InChI=1S/C18H12F3N3O5/c1-28-15-9-11(24(26)27)3-6-13(15)14-7-5-12(29-14)4-2-10-8-16(18(19,20)21)23-17(25)22-10/h2-9H,1H3,(H,22,23,25). The Morgan fingerprint density at radius 2 is 1.97 bits per heavy atom. The molecule has 0 saturated carbocycles. The molecule has 0 spiro atoms. The molecule has 0 amide bonds. The van der Waals surface area contributed by atoms with E-state index in [1.54, 1.807) is 11.1 Å². The monoisotopic (exact) mass is 407 g/mol. The number of hydrogen-bond acceptors (Lipinski definition) is 6. The van der Waals surface area contributed by atoms with E-state index in [9.17, 15) is 28.1 Å². The van der Waals surface area contributed by atoms with Crippen molar-refractivity contribution in [2.24, 2.45) is 0 Å². The molecule has 0 unspecified atom stereocenters. The highest BCUT2D eigenvalue weighted by Gasteiger charge is 2.32. The number of alkyl halides is 3. The third-order valence-corrected chi connectivity index (χ3v) is 3.78. The van der Waals surface area contributed by atoms with Gasteiger partial charge in [0.25, 0.3) is 5.69 Å². The summed E-state index contributed by atoms with van der Waals surface area (Å²) < 4.78 is 49.0. The molecule has 3 aromatic rings. The minimum absolute atomic E-state index is 0.155. The maximum atomic E-state index is 12.8. The van der Waals surface area contributed by atoms with Crippen molar-refractivity contribution in [3.63, 3.8) is 0 Å². The lowest BCUT2D eigenvalue weighted by Crippen LogP contribution is -2.19. The molecule has 0 aliphatic rings.